The molecule has 0 bridgehead atoms. The van der Waals surface area contributed by atoms with E-state index < -0.39 is 5.51 Å². The Morgan fingerprint density at radius 1 is 1.41 bits per heavy atom. The van der Waals surface area contributed by atoms with E-state index in [0.717, 1.165) is 0 Å². The SMILES string of the molecule is N#Cc1ccc(NCCSC(F)(F)F)cc1Br. The van der Waals surface area contributed by atoms with Crippen LogP contribution in [0.5, 0.6) is 0 Å². The number of nitriles is 1. The predicted octanol–water partition coefficient (Wildman–Crippen LogP) is 3.99. The molecule has 0 aliphatic heterocycles. The zero-order valence-electron chi connectivity index (χ0n) is 8.51. The molecule has 0 saturated carbocycles. The minimum atomic E-state index is -4.19. The first kappa shape index (κ1) is 14.2. The van der Waals surface area contributed by atoms with Crippen molar-refractivity contribution < 1.29 is 13.2 Å². The lowest BCUT2D eigenvalue weighted by Gasteiger charge is -2.08. The molecule has 2 nitrogen and oxygen atoms in total. The van der Waals surface area contributed by atoms with Gasteiger partial charge in [-0.3, -0.25) is 0 Å². The fourth-order valence-corrected chi connectivity index (χ4v) is 1.98. The molecule has 0 radical (unpaired) electrons. The number of hydrogen-bond acceptors (Lipinski definition) is 3. The van der Waals surface area contributed by atoms with Crippen molar-refractivity contribution in [2.24, 2.45) is 0 Å². The third-order valence-electron chi connectivity index (χ3n) is 1.79. The molecule has 0 fully saturated rings. The van der Waals surface area contributed by atoms with E-state index in [1.54, 1.807) is 18.2 Å². The second-order valence-electron chi connectivity index (χ2n) is 3.03. The molecule has 17 heavy (non-hydrogen) atoms. The highest BCUT2D eigenvalue weighted by atomic mass is 79.9. The first-order valence-corrected chi connectivity index (χ1v) is 6.34. The predicted molar refractivity (Wildman–Crippen MR) is 65.9 cm³/mol. The van der Waals surface area contributed by atoms with Gasteiger partial charge in [0.25, 0.3) is 0 Å². The third-order valence-corrected chi connectivity index (χ3v) is 3.18. The second-order valence-corrected chi connectivity index (χ2v) is 5.04. The zero-order chi connectivity index (χ0) is 12.9. The maximum Gasteiger partial charge on any atom is 0.441 e. The highest BCUT2D eigenvalue weighted by molar-refractivity contribution is 9.10. The summed E-state index contributed by atoms with van der Waals surface area (Å²) in [5.74, 6) is -0.0544. The highest BCUT2D eigenvalue weighted by Gasteiger charge is 2.27. The number of thioether (sulfide) groups is 1. The molecule has 1 aromatic carbocycles. The molecule has 92 valence electrons. The van der Waals surface area contributed by atoms with Crippen LogP contribution in [-0.4, -0.2) is 17.8 Å². The summed E-state index contributed by atoms with van der Waals surface area (Å²) in [5, 5.41) is 11.5. The van der Waals surface area contributed by atoms with Gasteiger partial charge in [0.05, 0.1) is 5.56 Å². The average molecular weight is 325 g/mol. The molecule has 1 rings (SSSR count). The zero-order valence-corrected chi connectivity index (χ0v) is 10.9. The molecule has 0 aromatic heterocycles. The van der Waals surface area contributed by atoms with Crippen LogP contribution in [0.15, 0.2) is 22.7 Å². The van der Waals surface area contributed by atoms with Crippen molar-refractivity contribution >= 4 is 33.4 Å². The van der Waals surface area contributed by atoms with Crippen molar-refractivity contribution in [2.75, 3.05) is 17.6 Å². The number of benzene rings is 1. The van der Waals surface area contributed by atoms with Crippen LogP contribution in [0.2, 0.25) is 0 Å². The van der Waals surface area contributed by atoms with Gasteiger partial charge in [-0.05, 0) is 45.9 Å². The Balaban J connectivity index is 2.43. The van der Waals surface area contributed by atoms with Crippen LogP contribution in [-0.2, 0) is 0 Å². The van der Waals surface area contributed by atoms with Crippen LogP contribution in [0.25, 0.3) is 0 Å². The van der Waals surface area contributed by atoms with E-state index in [1.807, 2.05) is 6.07 Å². The van der Waals surface area contributed by atoms with E-state index in [2.05, 4.69) is 21.2 Å². The molecular weight excluding hydrogens is 317 g/mol. The first-order chi connectivity index (χ1) is 7.92. The Morgan fingerprint density at radius 3 is 2.65 bits per heavy atom. The molecule has 0 unspecified atom stereocenters. The van der Waals surface area contributed by atoms with E-state index >= 15 is 0 Å². The lowest BCUT2D eigenvalue weighted by Crippen LogP contribution is -2.09. The normalized spacial score (nSPS) is 11.0. The number of nitrogens with one attached hydrogen (secondary N) is 1. The summed E-state index contributed by atoms with van der Waals surface area (Å²) in [4.78, 5) is 0. The summed E-state index contributed by atoms with van der Waals surface area (Å²) < 4.78 is 36.1. The maximum atomic E-state index is 11.8. The van der Waals surface area contributed by atoms with Crippen molar-refractivity contribution in [1.82, 2.24) is 0 Å². The van der Waals surface area contributed by atoms with E-state index in [4.69, 9.17) is 5.26 Å². The molecule has 0 spiro atoms. The minimum absolute atomic E-state index is 0.0544. The monoisotopic (exact) mass is 324 g/mol. The second kappa shape index (κ2) is 6.17. The number of hydrogen-bond donors (Lipinski definition) is 1. The Kier molecular flexibility index (Phi) is 5.15. The minimum Gasteiger partial charge on any atom is -0.384 e. The van der Waals surface area contributed by atoms with Gasteiger partial charge in [-0.15, -0.1) is 0 Å². The van der Waals surface area contributed by atoms with Crippen LogP contribution >= 0.6 is 27.7 Å². The summed E-state index contributed by atoms with van der Waals surface area (Å²) in [7, 11) is 0. The molecule has 7 heteroatoms. The van der Waals surface area contributed by atoms with Gasteiger partial charge in [0.1, 0.15) is 6.07 Å². The van der Waals surface area contributed by atoms with Crippen LogP contribution in [0.4, 0.5) is 18.9 Å². The number of nitrogens with zero attached hydrogens (tertiary/aromatic N) is 1. The maximum absolute atomic E-state index is 11.8. The number of rotatable bonds is 4. The van der Waals surface area contributed by atoms with Crippen LogP contribution < -0.4 is 5.32 Å². The van der Waals surface area contributed by atoms with Gasteiger partial charge >= 0.3 is 5.51 Å². The summed E-state index contributed by atoms with van der Waals surface area (Å²) >= 11 is 3.14. The van der Waals surface area contributed by atoms with Gasteiger partial charge in [-0.1, -0.05) is 0 Å². The summed E-state index contributed by atoms with van der Waals surface area (Å²) in [5.41, 5.74) is -3.02. The van der Waals surface area contributed by atoms with Gasteiger partial charge < -0.3 is 5.32 Å². The largest absolute Gasteiger partial charge is 0.441 e. The Hall–Kier alpha value is -0.870. The molecule has 0 aliphatic rings. The van der Waals surface area contributed by atoms with E-state index in [0.29, 0.717) is 15.7 Å². The van der Waals surface area contributed by atoms with Gasteiger partial charge in [0.2, 0.25) is 0 Å². The van der Waals surface area contributed by atoms with Crippen molar-refractivity contribution in [2.45, 2.75) is 5.51 Å². The van der Waals surface area contributed by atoms with E-state index in [1.165, 1.54) is 0 Å². The Morgan fingerprint density at radius 2 is 2.12 bits per heavy atom. The molecule has 0 heterocycles. The number of anilines is 1. The molecule has 0 aliphatic carbocycles. The lowest BCUT2D eigenvalue weighted by atomic mass is 10.2. The van der Waals surface area contributed by atoms with Crippen molar-refractivity contribution in [1.29, 1.82) is 5.26 Å². The van der Waals surface area contributed by atoms with Crippen LogP contribution in [0, 0.1) is 11.3 Å². The smallest absolute Gasteiger partial charge is 0.384 e. The quantitative estimate of drug-likeness (QED) is 0.851. The Bertz CT molecular complexity index is 429. The van der Waals surface area contributed by atoms with Crippen molar-refractivity contribution in [3.8, 4) is 6.07 Å². The Labute approximate surface area is 109 Å². The van der Waals surface area contributed by atoms with Gasteiger partial charge in [0.15, 0.2) is 0 Å². The molecule has 1 aromatic rings. The van der Waals surface area contributed by atoms with Crippen LogP contribution in [0.1, 0.15) is 5.56 Å². The summed E-state index contributed by atoms with van der Waals surface area (Å²) in [6.07, 6.45) is 0. The molecule has 0 saturated heterocycles. The van der Waals surface area contributed by atoms with Gasteiger partial charge in [0, 0.05) is 22.5 Å². The standard InChI is InChI=1S/C10H8BrF3N2S/c11-9-5-8(2-1-7(9)6-15)16-3-4-17-10(12,13)14/h1-2,5,16H,3-4H2. The summed E-state index contributed by atoms with van der Waals surface area (Å²) in [6.45, 7) is 0.211. The topological polar surface area (TPSA) is 35.8 Å². The third kappa shape index (κ3) is 5.33. The van der Waals surface area contributed by atoms with Gasteiger partial charge in [-0.25, -0.2) is 0 Å². The highest BCUT2D eigenvalue weighted by Crippen LogP contribution is 2.29. The average Bonchev–Trinajstić information content (AvgIpc) is 2.23. The van der Waals surface area contributed by atoms with Crippen molar-refractivity contribution in [3.05, 3.63) is 28.2 Å². The van der Waals surface area contributed by atoms with Crippen molar-refractivity contribution in [3.63, 3.8) is 0 Å². The molecule has 0 atom stereocenters. The fourth-order valence-electron chi connectivity index (χ4n) is 1.08. The summed E-state index contributed by atoms with van der Waals surface area (Å²) in [6, 6.07) is 6.90. The molecular formula is C10H8BrF3N2S. The van der Waals surface area contributed by atoms with Crippen LogP contribution in [0.3, 0.4) is 0 Å². The lowest BCUT2D eigenvalue weighted by molar-refractivity contribution is -0.0327. The van der Waals surface area contributed by atoms with Gasteiger partial charge in [-0.2, -0.15) is 18.4 Å². The van der Waals surface area contributed by atoms with E-state index in [9.17, 15) is 13.2 Å². The molecule has 0 amide bonds. The number of halogens is 4. The fraction of sp³-hybridized carbons (Fsp3) is 0.300. The number of alkyl halides is 3. The van der Waals surface area contributed by atoms with E-state index in [-0.39, 0.29) is 24.1 Å². The first-order valence-electron chi connectivity index (χ1n) is 4.56. The molecule has 1 N–H and O–H groups in total.